The molecule has 1 aromatic rings. The van der Waals surface area contributed by atoms with Gasteiger partial charge in [-0.05, 0) is 50.2 Å². The number of anilines is 1. The highest BCUT2D eigenvalue weighted by Crippen LogP contribution is 2.51. The first-order valence-corrected chi connectivity index (χ1v) is 7.64. The van der Waals surface area contributed by atoms with E-state index in [1.54, 1.807) is 12.1 Å². The zero-order valence-electron chi connectivity index (χ0n) is 13.8. The van der Waals surface area contributed by atoms with Crippen LogP contribution in [0.4, 0.5) is 5.69 Å². The highest BCUT2D eigenvalue weighted by Gasteiger charge is 2.50. The van der Waals surface area contributed by atoms with Crippen LogP contribution >= 0.6 is 0 Å². The Morgan fingerprint density at radius 3 is 2.50 bits per heavy atom. The largest absolute Gasteiger partial charge is 0.491 e. The van der Waals surface area contributed by atoms with E-state index in [0.29, 0.717) is 12.3 Å². The van der Waals surface area contributed by atoms with Crippen molar-refractivity contribution >= 4 is 11.6 Å². The first-order valence-electron chi connectivity index (χ1n) is 7.64. The Morgan fingerprint density at radius 1 is 1.41 bits per heavy atom. The fourth-order valence-corrected chi connectivity index (χ4v) is 2.45. The van der Waals surface area contributed by atoms with Gasteiger partial charge in [0.05, 0.1) is 0 Å². The predicted molar refractivity (Wildman–Crippen MR) is 87.0 cm³/mol. The second-order valence-corrected chi connectivity index (χ2v) is 6.99. The Hall–Kier alpha value is -1.59. The topological polar surface area (TPSA) is 61.8 Å². The standard InChI is InChI=1S/C17H26N2O3/c1-17(2)9-15(17)16(21)18-12-5-7-14(8-6-12)22-11-13(20)10-19(3)4/h5-8,13,15,20H,9-11H2,1-4H3,(H,18,21). The molecule has 0 spiro atoms. The molecule has 2 unspecified atom stereocenters. The van der Waals surface area contributed by atoms with Crippen molar-refractivity contribution in [2.45, 2.75) is 26.4 Å². The highest BCUT2D eigenvalue weighted by molar-refractivity contribution is 5.95. The normalized spacial score (nSPS) is 20.5. The lowest BCUT2D eigenvalue weighted by molar-refractivity contribution is -0.118. The summed E-state index contributed by atoms with van der Waals surface area (Å²) in [6.07, 6.45) is 0.426. The monoisotopic (exact) mass is 306 g/mol. The van der Waals surface area contributed by atoms with E-state index in [0.717, 1.165) is 12.1 Å². The summed E-state index contributed by atoms with van der Waals surface area (Å²) in [4.78, 5) is 13.9. The average molecular weight is 306 g/mol. The molecule has 22 heavy (non-hydrogen) atoms. The van der Waals surface area contributed by atoms with Crippen LogP contribution in [0.1, 0.15) is 20.3 Å². The molecule has 1 aliphatic rings. The van der Waals surface area contributed by atoms with E-state index in [9.17, 15) is 9.90 Å². The predicted octanol–water partition coefficient (Wildman–Crippen LogP) is 1.97. The SMILES string of the molecule is CN(C)CC(O)COc1ccc(NC(=O)C2CC2(C)C)cc1. The Morgan fingerprint density at radius 2 is 2.00 bits per heavy atom. The molecule has 2 N–H and O–H groups in total. The van der Waals surface area contributed by atoms with Crippen molar-refractivity contribution in [2.24, 2.45) is 11.3 Å². The molecule has 0 radical (unpaired) electrons. The summed E-state index contributed by atoms with van der Waals surface area (Å²) in [6.45, 7) is 5.02. The molecule has 0 heterocycles. The molecule has 0 bridgehead atoms. The third-order valence-corrected chi connectivity index (χ3v) is 3.97. The lowest BCUT2D eigenvalue weighted by Crippen LogP contribution is -2.30. The van der Waals surface area contributed by atoms with Crippen LogP contribution < -0.4 is 10.1 Å². The van der Waals surface area contributed by atoms with Crippen LogP contribution in [0.5, 0.6) is 5.75 Å². The first-order chi connectivity index (χ1) is 10.3. The van der Waals surface area contributed by atoms with E-state index >= 15 is 0 Å². The minimum absolute atomic E-state index is 0.0834. The van der Waals surface area contributed by atoms with Crippen LogP contribution in [0.2, 0.25) is 0 Å². The summed E-state index contributed by atoms with van der Waals surface area (Å²) in [5.74, 6) is 0.882. The van der Waals surface area contributed by atoms with Gasteiger partial charge in [-0.2, -0.15) is 0 Å². The van der Waals surface area contributed by atoms with Gasteiger partial charge in [-0.15, -0.1) is 0 Å². The molecule has 0 aromatic heterocycles. The van der Waals surface area contributed by atoms with E-state index in [2.05, 4.69) is 19.2 Å². The molecule has 1 aliphatic carbocycles. The van der Waals surface area contributed by atoms with Gasteiger partial charge < -0.3 is 20.1 Å². The van der Waals surface area contributed by atoms with E-state index < -0.39 is 6.10 Å². The van der Waals surface area contributed by atoms with Crippen molar-refractivity contribution in [3.8, 4) is 5.75 Å². The fraction of sp³-hybridized carbons (Fsp3) is 0.588. The molecule has 5 nitrogen and oxygen atoms in total. The Labute approximate surface area is 132 Å². The highest BCUT2D eigenvalue weighted by atomic mass is 16.5. The number of ether oxygens (including phenoxy) is 1. The number of hydrogen-bond donors (Lipinski definition) is 2. The lowest BCUT2D eigenvalue weighted by Gasteiger charge is -2.16. The average Bonchev–Trinajstić information content (AvgIpc) is 3.06. The maximum atomic E-state index is 12.0. The lowest BCUT2D eigenvalue weighted by atomic mass is 10.1. The molecule has 1 aromatic carbocycles. The number of benzene rings is 1. The van der Waals surface area contributed by atoms with Crippen molar-refractivity contribution in [1.82, 2.24) is 4.90 Å². The molecule has 1 fully saturated rings. The number of hydrogen-bond acceptors (Lipinski definition) is 4. The van der Waals surface area contributed by atoms with Crippen molar-refractivity contribution in [1.29, 1.82) is 0 Å². The quantitative estimate of drug-likeness (QED) is 0.808. The number of carbonyl (C=O) groups is 1. The molecule has 1 amide bonds. The van der Waals surface area contributed by atoms with Gasteiger partial charge >= 0.3 is 0 Å². The fourth-order valence-electron chi connectivity index (χ4n) is 2.45. The smallest absolute Gasteiger partial charge is 0.228 e. The van der Waals surface area contributed by atoms with E-state index in [-0.39, 0.29) is 23.8 Å². The summed E-state index contributed by atoms with van der Waals surface area (Å²) < 4.78 is 5.53. The van der Waals surface area contributed by atoms with Gasteiger partial charge in [-0.1, -0.05) is 13.8 Å². The third kappa shape index (κ3) is 4.71. The minimum atomic E-state index is -0.522. The van der Waals surface area contributed by atoms with Crippen LogP contribution in [0.15, 0.2) is 24.3 Å². The second kappa shape index (κ2) is 6.67. The molecule has 5 heteroatoms. The summed E-state index contributed by atoms with van der Waals surface area (Å²) >= 11 is 0. The van der Waals surface area contributed by atoms with E-state index in [1.165, 1.54) is 0 Å². The summed E-state index contributed by atoms with van der Waals surface area (Å²) in [5, 5.41) is 12.7. The van der Waals surface area contributed by atoms with Crippen molar-refractivity contribution in [2.75, 3.05) is 32.6 Å². The molecule has 0 aliphatic heterocycles. The van der Waals surface area contributed by atoms with Crippen LogP contribution in [-0.4, -0.2) is 49.3 Å². The summed E-state index contributed by atoms with van der Waals surface area (Å²) in [5.41, 5.74) is 0.907. The number of amides is 1. The minimum Gasteiger partial charge on any atom is -0.491 e. The van der Waals surface area contributed by atoms with Crippen LogP contribution in [-0.2, 0) is 4.79 Å². The number of likely N-dealkylation sites (N-methyl/N-ethyl adjacent to an activating group) is 1. The van der Waals surface area contributed by atoms with Gasteiger partial charge in [0.1, 0.15) is 18.5 Å². The Kier molecular flexibility index (Phi) is 5.08. The number of carbonyl (C=O) groups excluding carboxylic acids is 1. The molecule has 2 atom stereocenters. The number of rotatable bonds is 7. The first kappa shape index (κ1) is 16.8. The van der Waals surface area contributed by atoms with Crippen LogP contribution in [0.25, 0.3) is 0 Å². The maximum absolute atomic E-state index is 12.0. The van der Waals surface area contributed by atoms with E-state index in [1.807, 2.05) is 31.1 Å². The summed E-state index contributed by atoms with van der Waals surface area (Å²) in [6, 6.07) is 7.24. The van der Waals surface area contributed by atoms with Crippen molar-refractivity contribution < 1.29 is 14.6 Å². The number of nitrogens with one attached hydrogen (secondary N) is 1. The molecule has 122 valence electrons. The summed E-state index contributed by atoms with van der Waals surface area (Å²) in [7, 11) is 3.81. The van der Waals surface area contributed by atoms with E-state index in [4.69, 9.17) is 4.74 Å². The number of aliphatic hydroxyl groups is 1. The molecule has 2 rings (SSSR count). The second-order valence-electron chi connectivity index (χ2n) is 6.99. The zero-order valence-corrected chi connectivity index (χ0v) is 13.8. The Bertz CT molecular complexity index is 511. The molecular formula is C17H26N2O3. The molecular weight excluding hydrogens is 280 g/mol. The Balaban J connectivity index is 1.79. The van der Waals surface area contributed by atoms with Crippen molar-refractivity contribution in [3.05, 3.63) is 24.3 Å². The van der Waals surface area contributed by atoms with Gasteiger partial charge in [0, 0.05) is 18.2 Å². The van der Waals surface area contributed by atoms with Crippen molar-refractivity contribution in [3.63, 3.8) is 0 Å². The van der Waals surface area contributed by atoms with Gasteiger partial charge in [0.15, 0.2) is 0 Å². The van der Waals surface area contributed by atoms with Crippen LogP contribution in [0, 0.1) is 11.3 Å². The van der Waals surface area contributed by atoms with Gasteiger partial charge in [-0.3, -0.25) is 4.79 Å². The number of nitrogens with zero attached hydrogens (tertiary/aromatic N) is 1. The van der Waals surface area contributed by atoms with Gasteiger partial charge in [-0.25, -0.2) is 0 Å². The number of aliphatic hydroxyl groups excluding tert-OH is 1. The third-order valence-electron chi connectivity index (χ3n) is 3.97. The van der Waals surface area contributed by atoms with Gasteiger partial charge in [0.2, 0.25) is 5.91 Å². The molecule has 0 saturated heterocycles. The maximum Gasteiger partial charge on any atom is 0.228 e. The van der Waals surface area contributed by atoms with Crippen LogP contribution in [0.3, 0.4) is 0 Å². The molecule has 1 saturated carbocycles. The van der Waals surface area contributed by atoms with Gasteiger partial charge in [0.25, 0.3) is 0 Å². The zero-order chi connectivity index (χ0) is 16.3.